The lowest BCUT2D eigenvalue weighted by molar-refractivity contribution is 0.0945. The first-order valence-corrected chi connectivity index (χ1v) is 5.15. The van der Waals surface area contributed by atoms with Crippen molar-refractivity contribution in [3.63, 3.8) is 0 Å². The van der Waals surface area contributed by atoms with Gasteiger partial charge in [-0.15, -0.1) is 9.24 Å². The fourth-order valence-corrected chi connectivity index (χ4v) is 1.23. The predicted molar refractivity (Wildman–Crippen MR) is 54.0 cm³/mol. The molecule has 0 amide bonds. The second-order valence-electron chi connectivity index (χ2n) is 2.41. The summed E-state index contributed by atoms with van der Waals surface area (Å²) < 4.78 is 5.48. The molecule has 0 saturated heterocycles. The van der Waals surface area contributed by atoms with Crippen LogP contribution in [0.1, 0.15) is 26.7 Å². The van der Waals surface area contributed by atoms with Crippen molar-refractivity contribution in [3.8, 4) is 0 Å². The number of rotatable bonds is 6. The van der Waals surface area contributed by atoms with E-state index in [1.807, 2.05) is 6.92 Å². The maximum Gasteiger partial charge on any atom is 0.0758 e. The predicted octanol–water partition coefficient (Wildman–Crippen LogP) is 2.62. The first-order chi connectivity index (χ1) is 5.35. The lowest BCUT2D eigenvalue weighted by Gasteiger charge is -2.10. The highest BCUT2D eigenvalue weighted by Crippen LogP contribution is 2.03. The van der Waals surface area contributed by atoms with Crippen molar-refractivity contribution >= 4 is 9.24 Å². The quantitative estimate of drug-likeness (QED) is 0.444. The van der Waals surface area contributed by atoms with Crippen LogP contribution >= 0.6 is 9.24 Å². The van der Waals surface area contributed by atoms with Gasteiger partial charge < -0.3 is 4.74 Å². The van der Waals surface area contributed by atoms with Crippen LogP contribution in [-0.4, -0.2) is 18.9 Å². The Kier molecular flexibility index (Phi) is 8.33. The molecule has 0 spiro atoms. The fourth-order valence-electron chi connectivity index (χ4n) is 0.901. The highest BCUT2D eigenvalue weighted by atomic mass is 31.0. The second kappa shape index (κ2) is 8.23. The van der Waals surface area contributed by atoms with E-state index in [1.54, 1.807) is 0 Å². The summed E-state index contributed by atoms with van der Waals surface area (Å²) in [5.74, 6) is 0. The molecule has 2 atom stereocenters. The molecule has 0 aliphatic heterocycles. The van der Waals surface area contributed by atoms with E-state index in [1.165, 1.54) is 0 Å². The molecule has 0 radical (unpaired) electrons. The van der Waals surface area contributed by atoms with Gasteiger partial charge in [0.05, 0.1) is 6.10 Å². The van der Waals surface area contributed by atoms with Crippen LogP contribution in [-0.2, 0) is 4.74 Å². The van der Waals surface area contributed by atoms with Crippen molar-refractivity contribution in [2.24, 2.45) is 0 Å². The van der Waals surface area contributed by atoms with E-state index in [0.717, 1.165) is 25.6 Å². The van der Waals surface area contributed by atoms with Crippen LogP contribution in [0, 0.1) is 0 Å². The van der Waals surface area contributed by atoms with E-state index in [4.69, 9.17) is 4.74 Å². The van der Waals surface area contributed by atoms with Crippen molar-refractivity contribution < 1.29 is 4.74 Å². The summed E-state index contributed by atoms with van der Waals surface area (Å²) in [5, 5.41) is 0. The molecular formula is C9H19OP. The lowest BCUT2D eigenvalue weighted by atomic mass is 10.2. The largest absolute Gasteiger partial charge is 0.374 e. The molecule has 0 bridgehead atoms. The highest BCUT2D eigenvalue weighted by molar-refractivity contribution is 7.16. The Morgan fingerprint density at radius 3 is 2.64 bits per heavy atom. The topological polar surface area (TPSA) is 9.23 Å². The molecule has 0 rings (SSSR count). The standard InChI is InChI=1S/C9H19OP/c1-3-5-6-9(7-8-11)10-4-2/h5-6,9H,3-4,7-8,11H2,1-2H3. The van der Waals surface area contributed by atoms with E-state index in [-0.39, 0.29) is 0 Å². The van der Waals surface area contributed by atoms with Gasteiger partial charge in [0.1, 0.15) is 0 Å². The molecule has 0 aliphatic carbocycles. The minimum atomic E-state index is 0.331. The van der Waals surface area contributed by atoms with Crippen LogP contribution in [0.25, 0.3) is 0 Å². The molecule has 2 heteroatoms. The number of hydrogen-bond acceptors (Lipinski definition) is 1. The summed E-state index contributed by atoms with van der Waals surface area (Å²) in [6, 6.07) is 0. The van der Waals surface area contributed by atoms with Crippen molar-refractivity contribution in [2.75, 3.05) is 12.8 Å². The van der Waals surface area contributed by atoms with Gasteiger partial charge in [-0.3, -0.25) is 0 Å². The molecule has 0 aromatic heterocycles. The van der Waals surface area contributed by atoms with E-state index < -0.39 is 0 Å². The van der Waals surface area contributed by atoms with Gasteiger partial charge in [-0.1, -0.05) is 19.1 Å². The molecule has 0 heterocycles. The van der Waals surface area contributed by atoms with Gasteiger partial charge in [-0.05, 0) is 25.9 Å². The maximum absolute atomic E-state index is 5.48. The van der Waals surface area contributed by atoms with Gasteiger partial charge in [0.25, 0.3) is 0 Å². The van der Waals surface area contributed by atoms with E-state index in [2.05, 4.69) is 28.3 Å². The number of ether oxygens (including phenoxy) is 1. The Balaban J connectivity index is 3.58. The van der Waals surface area contributed by atoms with Crippen LogP contribution < -0.4 is 0 Å². The van der Waals surface area contributed by atoms with Gasteiger partial charge in [0.2, 0.25) is 0 Å². The number of hydrogen-bond donors (Lipinski definition) is 0. The van der Waals surface area contributed by atoms with Crippen molar-refractivity contribution in [1.29, 1.82) is 0 Å². The van der Waals surface area contributed by atoms with Gasteiger partial charge in [0, 0.05) is 6.61 Å². The Hall–Kier alpha value is 0.130. The molecule has 0 saturated carbocycles. The maximum atomic E-state index is 5.48. The summed E-state index contributed by atoms with van der Waals surface area (Å²) in [6.45, 7) is 4.99. The summed E-state index contributed by atoms with van der Waals surface area (Å²) in [4.78, 5) is 0. The Morgan fingerprint density at radius 1 is 1.45 bits per heavy atom. The van der Waals surface area contributed by atoms with Crippen LogP contribution in [0.3, 0.4) is 0 Å². The fraction of sp³-hybridized carbons (Fsp3) is 0.778. The first-order valence-electron chi connectivity index (χ1n) is 4.33. The van der Waals surface area contributed by atoms with Gasteiger partial charge in [-0.25, -0.2) is 0 Å². The third-order valence-electron chi connectivity index (χ3n) is 1.42. The van der Waals surface area contributed by atoms with E-state index in [0.29, 0.717) is 6.10 Å². The van der Waals surface area contributed by atoms with Crippen molar-refractivity contribution in [1.82, 2.24) is 0 Å². The van der Waals surface area contributed by atoms with Gasteiger partial charge >= 0.3 is 0 Å². The van der Waals surface area contributed by atoms with Crippen LogP contribution in [0.15, 0.2) is 12.2 Å². The zero-order valence-corrected chi connectivity index (χ0v) is 8.70. The Bertz CT molecular complexity index is 95.7. The smallest absolute Gasteiger partial charge is 0.0758 e. The summed E-state index contributed by atoms with van der Waals surface area (Å²) in [6.07, 6.45) is 7.97. The molecule has 11 heavy (non-hydrogen) atoms. The molecule has 66 valence electrons. The Labute approximate surface area is 72.4 Å². The average Bonchev–Trinajstić information content (AvgIpc) is 2.01. The molecule has 0 aromatic carbocycles. The monoisotopic (exact) mass is 174 g/mol. The third-order valence-corrected chi connectivity index (χ3v) is 1.75. The second-order valence-corrected chi connectivity index (χ2v) is 2.98. The van der Waals surface area contributed by atoms with Crippen LogP contribution in [0.2, 0.25) is 0 Å². The number of allylic oxidation sites excluding steroid dienone is 1. The third kappa shape index (κ3) is 6.52. The minimum absolute atomic E-state index is 0.331. The molecule has 0 fully saturated rings. The first kappa shape index (κ1) is 11.1. The van der Waals surface area contributed by atoms with E-state index >= 15 is 0 Å². The molecule has 0 aliphatic rings. The summed E-state index contributed by atoms with van der Waals surface area (Å²) >= 11 is 0. The molecular weight excluding hydrogens is 155 g/mol. The molecule has 0 N–H and O–H groups in total. The SMILES string of the molecule is CCC=CC(CCP)OCC. The zero-order chi connectivity index (χ0) is 8.53. The van der Waals surface area contributed by atoms with Crippen LogP contribution in [0.4, 0.5) is 0 Å². The molecule has 2 unspecified atom stereocenters. The van der Waals surface area contributed by atoms with Crippen molar-refractivity contribution in [2.45, 2.75) is 32.8 Å². The highest BCUT2D eigenvalue weighted by Gasteiger charge is 2.00. The summed E-state index contributed by atoms with van der Waals surface area (Å²) in [5.41, 5.74) is 0. The average molecular weight is 174 g/mol. The molecule has 0 aromatic rings. The summed E-state index contributed by atoms with van der Waals surface area (Å²) in [7, 11) is 2.72. The normalized spacial score (nSPS) is 14.1. The zero-order valence-electron chi connectivity index (χ0n) is 7.55. The van der Waals surface area contributed by atoms with Crippen LogP contribution in [0.5, 0.6) is 0 Å². The van der Waals surface area contributed by atoms with Gasteiger partial charge in [0.15, 0.2) is 0 Å². The van der Waals surface area contributed by atoms with Gasteiger partial charge in [-0.2, -0.15) is 0 Å². The lowest BCUT2D eigenvalue weighted by Crippen LogP contribution is -2.09. The van der Waals surface area contributed by atoms with Crippen molar-refractivity contribution in [3.05, 3.63) is 12.2 Å². The Morgan fingerprint density at radius 2 is 2.18 bits per heavy atom. The van der Waals surface area contributed by atoms with E-state index in [9.17, 15) is 0 Å². The molecule has 1 nitrogen and oxygen atoms in total. The minimum Gasteiger partial charge on any atom is -0.374 e.